The summed E-state index contributed by atoms with van der Waals surface area (Å²) in [6, 6.07) is 9.68. The summed E-state index contributed by atoms with van der Waals surface area (Å²) in [5, 5.41) is 0. The van der Waals surface area contributed by atoms with Crippen LogP contribution in [0.3, 0.4) is 0 Å². The summed E-state index contributed by atoms with van der Waals surface area (Å²) < 4.78 is 4.91. The molecule has 13 heavy (non-hydrogen) atoms. The molecule has 0 aliphatic rings. The zero-order valence-electron chi connectivity index (χ0n) is 8.41. The third-order valence-electron chi connectivity index (χ3n) is 1.48. The number of carbonyl (C=O) groups is 1. The van der Waals surface area contributed by atoms with Crippen LogP contribution in [0, 0.1) is 0 Å². The van der Waals surface area contributed by atoms with Gasteiger partial charge in [-0.3, -0.25) is 0 Å². The van der Waals surface area contributed by atoms with E-state index >= 15 is 0 Å². The molecule has 0 spiro atoms. The highest BCUT2D eigenvalue weighted by molar-refractivity contribution is 5.74. The summed E-state index contributed by atoms with van der Waals surface area (Å²) in [6.45, 7) is 3.43. The van der Waals surface area contributed by atoms with Crippen LogP contribution in [0.1, 0.15) is 20.3 Å². The fraction of sp³-hybridized carbons (Fsp3) is 0.364. The molecule has 0 N–H and O–H groups in total. The lowest BCUT2D eigenvalue weighted by Gasteiger charge is -1.93. The second kappa shape index (κ2) is 7.35. The van der Waals surface area contributed by atoms with Crippen molar-refractivity contribution in [3.63, 3.8) is 0 Å². The third kappa shape index (κ3) is 7.06. The van der Waals surface area contributed by atoms with Gasteiger partial charge in [0.15, 0.2) is 0 Å². The number of ether oxygens (including phenoxy) is 1. The minimum absolute atomic E-state index is 0.255. The molecule has 0 heterocycles. The predicted molar refractivity (Wildman–Crippen MR) is 54.0 cm³/mol. The van der Waals surface area contributed by atoms with Crippen molar-refractivity contribution in [1.29, 1.82) is 0 Å². The molecule has 0 saturated carbocycles. The van der Waals surface area contributed by atoms with Crippen LogP contribution in [0.5, 0.6) is 5.75 Å². The number of benzene rings is 1. The van der Waals surface area contributed by atoms with E-state index in [0.29, 0.717) is 6.42 Å². The zero-order valence-corrected chi connectivity index (χ0v) is 8.41. The molecule has 0 bridgehead atoms. The molecule has 1 aromatic carbocycles. The number of methoxy groups -OCH3 is 1. The second-order valence-electron chi connectivity index (χ2n) is 2.57. The Morgan fingerprint density at radius 1 is 1.31 bits per heavy atom. The molecule has 0 atom stereocenters. The van der Waals surface area contributed by atoms with Crippen molar-refractivity contribution in [2.24, 2.45) is 0 Å². The normalized spacial score (nSPS) is 8.23. The first-order chi connectivity index (χ1) is 6.20. The van der Waals surface area contributed by atoms with Crippen molar-refractivity contribution >= 4 is 5.78 Å². The number of hydrogen-bond acceptors (Lipinski definition) is 2. The first-order valence-corrected chi connectivity index (χ1v) is 4.29. The standard InChI is InChI=1S/C7H8O.C4H8O/c1-8-7-5-3-2-4-6-7;1-3-4(2)5/h2-6H,1H3;3H2,1-2H3. The zero-order chi connectivity index (χ0) is 10.1. The molecule has 0 radical (unpaired) electrons. The summed E-state index contributed by atoms with van der Waals surface area (Å²) >= 11 is 0. The molecule has 0 saturated heterocycles. The van der Waals surface area contributed by atoms with Crippen molar-refractivity contribution in [1.82, 2.24) is 0 Å². The Morgan fingerprint density at radius 2 is 1.77 bits per heavy atom. The summed E-state index contributed by atoms with van der Waals surface area (Å²) in [4.78, 5) is 9.81. The SMILES string of the molecule is CCC(C)=O.COc1ccccc1. The number of Topliss-reactive ketones (excluding diaryl/α,β-unsaturated/α-hetero) is 1. The van der Waals surface area contributed by atoms with E-state index in [4.69, 9.17) is 4.74 Å². The van der Waals surface area contributed by atoms with Gasteiger partial charge in [0.2, 0.25) is 0 Å². The number of carbonyl (C=O) groups excluding carboxylic acids is 1. The van der Waals surface area contributed by atoms with Gasteiger partial charge in [0.1, 0.15) is 11.5 Å². The topological polar surface area (TPSA) is 26.3 Å². The van der Waals surface area contributed by atoms with E-state index < -0.39 is 0 Å². The Hall–Kier alpha value is -1.31. The van der Waals surface area contributed by atoms with Crippen LogP contribution in [0.2, 0.25) is 0 Å². The maximum atomic E-state index is 9.81. The van der Waals surface area contributed by atoms with Gasteiger partial charge in [0, 0.05) is 6.42 Å². The van der Waals surface area contributed by atoms with E-state index in [2.05, 4.69) is 0 Å². The minimum Gasteiger partial charge on any atom is -0.497 e. The van der Waals surface area contributed by atoms with Crippen LogP contribution in [-0.2, 0) is 4.79 Å². The van der Waals surface area contributed by atoms with Gasteiger partial charge in [-0.1, -0.05) is 25.1 Å². The molecule has 0 amide bonds. The molecule has 72 valence electrons. The second-order valence-corrected chi connectivity index (χ2v) is 2.57. The highest BCUT2D eigenvalue weighted by Crippen LogP contribution is 2.05. The van der Waals surface area contributed by atoms with E-state index in [1.165, 1.54) is 0 Å². The first kappa shape index (κ1) is 11.7. The maximum Gasteiger partial charge on any atom is 0.129 e. The Morgan fingerprint density at radius 3 is 2.00 bits per heavy atom. The molecule has 2 nitrogen and oxygen atoms in total. The van der Waals surface area contributed by atoms with Crippen molar-refractivity contribution in [3.05, 3.63) is 30.3 Å². The van der Waals surface area contributed by atoms with Crippen LogP contribution in [0.25, 0.3) is 0 Å². The van der Waals surface area contributed by atoms with Crippen LogP contribution in [0.15, 0.2) is 30.3 Å². The van der Waals surface area contributed by atoms with Gasteiger partial charge in [0.25, 0.3) is 0 Å². The minimum atomic E-state index is 0.255. The Bertz CT molecular complexity index is 229. The highest BCUT2D eigenvalue weighted by atomic mass is 16.5. The Labute approximate surface area is 79.5 Å². The third-order valence-corrected chi connectivity index (χ3v) is 1.48. The average molecular weight is 180 g/mol. The van der Waals surface area contributed by atoms with E-state index in [1.54, 1.807) is 14.0 Å². The van der Waals surface area contributed by atoms with Gasteiger partial charge in [-0.25, -0.2) is 0 Å². The van der Waals surface area contributed by atoms with Gasteiger partial charge in [-0.05, 0) is 19.1 Å². The van der Waals surface area contributed by atoms with Crippen molar-refractivity contribution in [2.45, 2.75) is 20.3 Å². The van der Waals surface area contributed by atoms with E-state index in [-0.39, 0.29) is 5.78 Å². The molecule has 1 rings (SSSR count). The number of ketones is 1. The maximum absolute atomic E-state index is 9.81. The molecular formula is C11H16O2. The molecule has 0 aromatic heterocycles. The van der Waals surface area contributed by atoms with Crippen molar-refractivity contribution in [3.8, 4) is 5.75 Å². The average Bonchev–Trinajstić information content (AvgIpc) is 2.20. The fourth-order valence-electron chi connectivity index (χ4n) is 0.557. The molecule has 1 aromatic rings. The summed E-state index contributed by atoms with van der Waals surface area (Å²) in [5.74, 6) is 1.16. The Balaban J connectivity index is 0.000000252. The summed E-state index contributed by atoms with van der Waals surface area (Å²) in [5.41, 5.74) is 0. The molecule has 0 aliphatic heterocycles. The fourth-order valence-corrected chi connectivity index (χ4v) is 0.557. The van der Waals surface area contributed by atoms with Gasteiger partial charge < -0.3 is 9.53 Å². The molecular weight excluding hydrogens is 164 g/mol. The van der Waals surface area contributed by atoms with Gasteiger partial charge in [-0.15, -0.1) is 0 Å². The van der Waals surface area contributed by atoms with Gasteiger partial charge >= 0.3 is 0 Å². The van der Waals surface area contributed by atoms with Crippen LogP contribution >= 0.6 is 0 Å². The van der Waals surface area contributed by atoms with Crippen molar-refractivity contribution in [2.75, 3.05) is 7.11 Å². The van der Waals surface area contributed by atoms with Crippen LogP contribution in [-0.4, -0.2) is 12.9 Å². The quantitative estimate of drug-likeness (QED) is 0.699. The summed E-state index contributed by atoms with van der Waals surface area (Å²) in [7, 11) is 1.66. The lowest BCUT2D eigenvalue weighted by atomic mass is 10.3. The predicted octanol–water partition coefficient (Wildman–Crippen LogP) is 2.68. The number of para-hydroxylation sites is 1. The largest absolute Gasteiger partial charge is 0.497 e. The van der Waals surface area contributed by atoms with Gasteiger partial charge in [0.05, 0.1) is 7.11 Å². The molecule has 0 unspecified atom stereocenters. The first-order valence-electron chi connectivity index (χ1n) is 4.29. The van der Waals surface area contributed by atoms with Gasteiger partial charge in [-0.2, -0.15) is 0 Å². The van der Waals surface area contributed by atoms with E-state index in [0.717, 1.165) is 5.75 Å². The number of rotatable bonds is 2. The molecule has 0 fully saturated rings. The molecule has 2 heteroatoms. The monoisotopic (exact) mass is 180 g/mol. The highest BCUT2D eigenvalue weighted by Gasteiger charge is 1.80. The lowest BCUT2D eigenvalue weighted by Crippen LogP contribution is -1.80. The molecule has 0 aliphatic carbocycles. The lowest BCUT2D eigenvalue weighted by molar-refractivity contribution is -0.116. The van der Waals surface area contributed by atoms with E-state index in [9.17, 15) is 4.79 Å². The van der Waals surface area contributed by atoms with Crippen molar-refractivity contribution < 1.29 is 9.53 Å². The smallest absolute Gasteiger partial charge is 0.129 e. The summed E-state index contributed by atoms with van der Waals surface area (Å²) in [6.07, 6.45) is 0.667. The van der Waals surface area contributed by atoms with E-state index in [1.807, 2.05) is 37.3 Å². The van der Waals surface area contributed by atoms with Crippen LogP contribution in [0.4, 0.5) is 0 Å². The number of hydrogen-bond donors (Lipinski definition) is 0. The van der Waals surface area contributed by atoms with Crippen LogP contribution < -0.4 is 4.74 Å². The Kier molecular flexibility index (Phi) is 6.60.